The second-order valence-corrected chi connectivity index (χ2v) is 4.76. The lowest BCUT2D eigenvalue weighted by molar-refractivity contribution is 0.184. The molecule has 0 saturated heterocycles. The lowest BCUT2D eigenvalue weighted by Gasteiger charge is -2.06. The molecule has 1 aromatic heterocycles. The minimum Gasteiger partial charge on any atom is -0.488 e. The smallest absolute Gasteiger partial charge is 0.197 e. The van der Waals surface area contributed by atoms with E-state index in [9.17, 15) is 0 Å². The average molecular weight is 265 g/mol. The Labute approximate surface area is 110 Å². The van der Waals surface area contributed by atoms with Gasteiger partial charge in [0.05, 0.1) is 11.5 Å². The minimum atomic E-state index is 0.482. The summed E-state index contributed by atoms with van der Waals surface area (Å²) in [6.45, 7) is 1.06. The molecule has 6 heteroatoms. The number of aromatic nitrogens is 1. The number of ether oxygens (including phenoxy) is 2. The fourth-order valence-corrected chi connectivity index (χ4v) is 2.12. The van der Waals surface area contributed by atoms with Gasteiger partial charge in [-0.05, 0) is 17.7 Å². The number of nitrogens with one attached hydrogen (secondary N) is 1. The Morgan fingerprint density at radius 2 is 2.28 bits per heavy atom. The van der Waals surface area contributed by atoms with Gasteiger partial charge in [-0.3, -0.25) is 5.43 Å². The van der Waals surface area contributed by atoms with Crippen molar-refractivity contribution in [2.45, 2.75) is 13.2 Å². The summed E-state index contributed by atoms with van der Waals surface area (Å²) in [5, 5.41) is 0.682. The second-order valence-electron chi connectivity index (χ2n) is 3.65. The summed E-state index contributed by atoms with van der Waals surface area (Å²) in [5.41, 5.74) is 3.59. The van der Waals surface area contributed by atoms with Gasteiger partial charge in [0.2, 0.25) is 0 Å². The molecule has 5 nitrogen and oxygen atoms in total. The molecule has 1 aromatic carbocycles. The Morgan fingerprint density at radius 3 is 3.00 bits per heavy atom. The molecule has 2 aromatic rings. The Hall–Kier alpha value is -1.63. The van der Waals surface area contributed by atoms with Gasteiger partial charge < -0.3 is 9.47 Å². The van der Waals surface area contributed by atoms with Gasteiger partial charge in [-0.2, -0.15) is 0 Å². The van der Waals surface area contributed by atoms with Gasteiger partial charge in [0.15, 0.2) is 5.13 Å². The maximum atomic E-state index is 5.68. The molecule has 0 spiro atoms. The highest BCUT2D eigenvalue weighted by molar-refractivity contribution is 7.15. The van der Waals surface area contributed by atoms with Gasteiger partial charge in [0.1, 0.15) is 12.4 Å². The Bertz CT molecular complexity index is 502. The molecule has 0 unspecified atom stereocenters. The van der Waals surface area contributed by atoms with Gasteiger partial charge in [0, 0.05) is 13.3 Å². The van der Waals surface area contributed by atoms with Gasteiger partial charge >= 0.3 is 0 Å². The van der Waals surface area contributed by atoms with Crippen molar-refractivity contribution in [2.75, 3.05) is 12.5 Å². The van der Waals surface area contributed by atoms with Crippen molar-refractivity contribution in [1.29, 1.82) is 0 Å². The Balaban J connectivity index is 1.94. The summed E-state index contributed by atoms with van der Waals surface area (Å²) >= 11 is 1.47. The molecule has 0 amide bonds. The summed E-state index contributed by atoms with van der Waals surface area (Å²) in [4.78, 5) is 5.09. The van der Waals surface area contributed by atoms with Crippen molar-refractivity contribution in [2.24, 2.45) is 5.84 Å². The van der Waals surface area contributed by atoms with E-state index in [4.69, 9.17) is 15.3 Å². The van der Waals surface area contributed by atoms with E-state index >= 15 is 0 Å². The summed E-state index contributed by atoms with van der Waals surface area (Å²) in [6, 6.07) is 7.83. The molecule has 0 bridgehead atoms. The van der Waals surface area contributed by atoms with E-state index in [0.717, 1.165) is 16.2 Å². The van der Waals surface area contributed by atoms with Crippen molar-refractivity contribution in [3.8, 4) is 5.75 Å². The zero-order valence-electron chi connectivity index (χ0n) is 10.1. The van der Waals surface area contributed by atoms with Crippen LogP contribution in [0, 0.1) is 0 Å². The summed E-state index contributed by atoms with van der Waals surface area (Å²) < 4.78 is 10.8. The minimum absolute atomic E-state index is 0.482. The maximum Gasteiger partial charge on any atom is 0.197 e. The fraction of sp³-hybridized carbons (Fsp3) is 0.250. The molecule has 0 aliphatic carbocycles. The Morgan fingerprint density at radius 1 is 1.39 bits per heavy atom. The molecule has 0 radical (unpaired) electrons. The number of anilines is 1. The number of hydrazine groups is 1. The van der Waals surface area contributed by atoms with Crippen LogP contribution in [0.2, 0.25) is 0 Å². The lowest BCUT2D eigenvalue weighted by atomic mass is 10.2. The van der Waals surface area contributed by atoms with E-state index in [-0.39, 0.29) is 0 Å². The van der Waals surface area contributed by atoms with Gasteiger partial charge in [-0.15, -0.1) is 0 Å². The first kappa shape index (κ1) is 12.8. The predicted octanol–water partition coefficient (Wildman–Crippen LogP) is 2.15. The van der Waals surface area contributed by atoms with Crippen LogP contribution in [0.25, 0.3) is 0 Å². The van der Waals surface area contributed by atoms with E-state index in [1.54, 1.807) is 13.3 Å². The third-order valence-corrected chi connectivity index (χ3v) is 3.17. The number of nitrogen functional groups attached to an aromatic ring is 1. The molecular formula is C12H15N3O2S. The van der Waals surface area contributed by atoms with Crippen LogP contribution in [0.3, 0.4) is 0 Å². The number of methoxy groups -OCH3 is 1. The number of thiazole rings is 1. The summed E-state index contributed by atoms with van der Waals surface area (Å²) in [5.74, 6) is 6.09. The van der Waals surface area contributed by atoms with Crippen LogP contribution in [0.1, 0.15) is 10.4 Å². The third-order valence-electron chi connectivity index (χ3n) is 2.27. The number of nitrogens with zero attached hydrogens (tertiary/aromatic N) is 1. The topological polar surface area (TPSA) is 69.4 Å². The van der Waals surface area contributed by atoms with E-state index in [2.05, 4.69) is 10.4 Å². The molecule has 0 fully saturated rings. The second kappa shape index (κ2) is 6.34. The standard InChI is InChI=1S/C12H15N3O2S/c1-16-7-9-3-2-4-10(5-9)17-8-11-6-14-12(15-13)18-11/h2-6H,7-8,13H2,1H3,(H,14,15). The van der Waals surface area contributed by atoms with E-state index < -0.39 is 0 Å². The highest BCUT2D eigenvalue weighted by Crippen LogP contribution is 2.20. The van der Waals surface area contributed by atoms with Crippen molar-refractivity contribution in [1.82, 2.24) is 4.98 Å². The number of benzene rings is 1. The van der Waals surface area contributed by atoms with Crippen LogP contribution in [0.5, 0.6) is 5.75 Å². The maximum absolute atomic E-state index is 5.68. The summed E-state index contributed by atoms with van der Waals surface area (Å²) in [6.07, 6.45) is 1.75. The molecule has 0 aliphatic rings. The molecule has 1 heterocycles. The zero-order chi connectivity index (χ0) is 12.8. The molecule has 3 N–H and O–H groups in total. The largest absolute Gasteiger partial charge is 0.488 e. The van der Waals surface area contributed by atoms with E-state index in [1.165, 1.54) is 11.3 Å². The molecule has 18 heavy (non-hydrogen) atoms. The van der Waals surface area contributed by atoms with Crippen molar-refractivity contribution in [3.63, 3.8) is 0 Å². The summed E-state index contributed by atoms with van der Waals surface area (Å²) in [7, 11) is 1.67. The van der Waals surface area contributed by atoms with Crippen molar-refractivity contribution in [3.05, 3.63) is 40.9 Å². The van der Waals surface area contributed by atoms with Crippen LogP contribution in [-0.4, -0.2) is 12.1 Å². The van der Waals surface area contributed by atoms with Crippen LogP contribution in [0.4, 0.5) is 5.13 Å². The highest BCUT2D eigenvalue weighted by atomic mass is 32.1. The van der Waals surface area contributed by atoms with Gasteiger partial charge in [0.25, 0.3) is 0 Å². The highest BCUT2D eigenvalue weighted by Gasteiger charge is 2.02. The number of nitrogens with two attached hydrogens (primary N) is 1. The Kier molecular flexibility index (Phi) is 4.52. The molecular weight excluding hydrogens is 250 g/mol. The number of rotatable bonds is 6. The van der Waals surface area contributed by atoms with Gasteiger partial charge in [-0.25, -0.2) is 10.8 Å². The average Bonchev–Trinajstić information content (AvgIpc) is 2.85. The predicted molar refractivity (Wildman–Crippen MR) is 71.4 cm³/mol. The van der Waals surface area contributed by atoms with Gasteiger partial charge in [-0.1, -0.05) is 23.5 Å². The zero-order valence-corrected chi connectivity index (χ0v) is 10.9. The molecule has 2 rings (SSSR count). The van der Waals surface area contributed by atoms with Crippen LogP contribution in [-0.2, 0) is 18.0 Å². The first-order valence-electron chi connectivity index (χ1n) is 5.44. The molecule has 0 atom stereocenters. The molecule has 96 valence electrons. The van der Waals surface area contributed by atoms with Crippen molar-refractivity contribution < 1.29 is 9.47 Å². The monoisotopic (exact) mass is 265 g/mol. The molecule has 0 saturated carbocycles. The van der Waals surface area contributed by atoms with Crippen molar-refractivity contribution >= 4 is 16.5 Å². The fourth-order valence-electron chi connectivity index (χ4n) is 1.49. The number of hydrogen-bond acceptors (Lipinski definition) is 6. The third kappa shape index (κ3) is 3.43. The van der Waals surface area contributed by atoms with Crippen LogP contribution in [0.15, 0.2) is 30.5 Å². The quantitative estimate of drug-likeness (QED) is 0.618. The van der Waals surface area contributed by atoms with Crippen LogP contribution < -0.4 is 16.0 Å². The SMILES string of the molecule is COCc1cccc(OCc2cnc(NN)s2)c1. The normalized spacial score (nSPS) is 10.3. The molecule has 0 aliphatic heterocycles. The lowest BCUT2D eigenvalue weighted by Crippen LogP contribution is -2.05. The van der Waals surface area contributed by atoms with Crippen LogP contribution >= 0.6 is 11.3 Å². The van der Waals surface area contributed by atoms with E-state index in [0.29, 0.717) is 18.3 Å². The number of hydrogen-bond donors (Lipinski definition) is 2. The first-order valence-corrected chi connectivity index (χ1v) is 6.25. The first-order chi connectivity index (χ1) is 8.81. The van der Waals surface area contributed by atoms with E-state index in [1.807, 2.05) is 24.3 Å².